The molecular weight excluding hydrogens is 406 g/mol. The summed E-state index contributed by atoms with van der Waals surface area (Å²) in [5.41, 5.74) is 7.73. The Bertz CT molecular complexity index is 1640. The van der Waals surface area contributed by atoms with E-state index >= 15 is 0 Å². The van der Waals surface area contributed by atoms with Crippen LogP contribution in [0.15, 0.2) is 91.1 Å². The van der Waals surface area contributed by atoms with Crippen LogP contribution in [0, 0.1) is 13.8 Å². The van der Waals surface area contributed by atoms with Gasteiger partial charge in [-0.25, -0.2) is 0 Å². The van der Waals surface area contributed by atoms with E-state index in [9.17, 15) is 0 Å². The number of aryl methyl sites for hydroxylation is 3. The van der Waals surface area contributed by atoms with Crippen molar-refractivity contribution in [3.05, 3.63) is 102 Å². The summed E-state index contributed by atoms with van der Waals surface area (Å²) in [6.07, 6.45) is 2.20. The van der Waals surface area contributed by atoms with E-state index in [4.69, 9.17) is 0 Å². The van der Waals surface area contributed by atoms with Crippen LogP contribution in [0.5, 0.6) is 0 Å². The average Bonchev–Trinajstić information content (AvgIpc) is 3.19. The Morgan fingerprint density at radius 1 is 0.719 bits per heavy atom. The number of fused-ring (bicyclic) bond motifs is 5. The van der Waals surface area contributed by atoms with E-state index in [0.29, 0.717) is 0 Å². The van der Waals surface area contributed by atoms with E-state index in [1.54, 1.807) is 0 Å². The Labute approximate surface area is 192 Å². The molecule has 0 spiro atoms. The van der Waals surface area contributed by atoms with Crippen molar-refractivity contribution in [1.82, 2.24) is 0 Å². The maximum absolute atomic E-state index is 2.33. The Morgan fingerprint density at radius 2 is 1.50 bits per heavy atom. The van der Waals surface area contributed by atoms with E-state index in [2.05, 4.69) is 117 Å². The van der Waals surface area contributed by atoms with Crippen LogP contribution in [0.3, 0.4) is 0 Å². The first-order valence-corrected chi connectivity index (χ1v) is 11.8. The van der Waals surface area contributed by atoms with E-state index in [0.717, 1.165) is 0 Å². The quantitative estimate of drug-likeness (QED) is 0.245. The van der Waals surface area contributed by atoms with Crippen LogP contribution in [0.2, 0.25) is 0 Å². The van der Waals surface area contributed by atoms with Crippen molar-refractivity contribution < 1.29 is 4.57 Å². The second-order valence-corrected chi connectivity index (χ2v) is 9.73. The van der Waals surface area contributed by atoms with E-state index < -0.39 is 0 Å². The third kappa shape index (κ3) is 2.95. The van der Waals surface area contributed by atoms with Crippen molar-refractivity contribution in [2.24, 2.45) is 7.05 Å². The molecule has 6 rings (SSSR count). The first-order valence-electron chi connectivity index (χ1n) is 11.0. The molecule has 2 heterocycles. The van der Waals surface area contributed by atoms with Gasteiger partial charge in [0.05, 0.1) is 5.56 Å². The molecule has 2 heteroatoms. The van der Waals surface area contributed by atoms with Crippen molar-refractivity contribution in [3.8, 4) is 22.4 Å². The average molecular weight is 431 g/mol. The predicted octanol–water partition coefficient (Wildman–Crippen LogP) is 7.98. The molecule has 0 amide bonds. The molecule has 0 aliphatic rings. The van der Waals surface area contributed by atoms with Crippen LogP contribution >= 0.6 is 11.3 Å². The number of thiophene rings is 1. The Kier molecular flexibility index (Phi) is 4.38. The highest BCUT2D eigenvalue weighted by atomic mass is 32.1. The van der Waals surface area contributed by atoms with Crippen LogP contribution < -0.4 is 4.57 Å². The molecule has 0 unspecified atom stereocenters. The molecule has 154 valence electrons. The second kappa shape index (κ2) is 7.29. The van der Waals surface area contributed by atoms with Crippen molar-refractivity contribution >= 4 is 42.3 Å². The molecule has 0 aliphatic heterocycles. The lowest BCUT2D eigenvalue weighted by molar-refractivity contribution is -0.659. The molecule has 0 bridgehead atoms. The number of nitrogens with zero attached hydrogens (tertiary/aromatic N) is 1. The van der Waals surface area contributed by atoms with Crippen LogP contribution in [0.4, 0.5) is 0 Å². The minimum Gasteiger partial charge on any atom is -0.200 e. The molecular formula is C30H24NS+. The number of hydrogen-bond acceptors (Lipinski definition) is 1. The molecule has 0 saturated heterocycles. The smallest absolute Gasteiger partial charge is 0.200 e. The second-order valence-electron chi connectivity index (χ2n) is 8.68. The van der Waals surface area contributed by atoms with Crippen molar-refractivity contribution in [2.45, 2.75) is 13.8 Å². The highest BCUT2D eigenvalue weighted by Crippen LogP contribution is 2.42. The van der Waals surface area contributed by atoms with Gasteiger partial charge in [-0.3, -0.25) is 0 Å². The molecule has 0 N–H and O–H groups in total. The first-order chi connectivity index (χ1) is 15.6. The van der Waals surface area contributed by atoms with E-state index in [1.165, 1.54) is 64.5 Å². The van der Waals surface area contributed by atoms with Gasteiger partial charge in [-0.15, -0.1) is 11.3 Å². The molecule has 0 aliphatic carbocycles. The van der Waals surface area contributed by atoms with Crippen LogP contribution in [0.1, 0.15) is 11.1 Å². The SMILES string of the molecule is Cc1ccc(-c2ccc3c(ccc4sc5c(-c6ccccc6C)[n+](C)ccc5c43)c2)cc1. The zero-order chi connectivity index (χ0) is 21.8. The number of benzene rings is 4. The Hall–Kier alpha value is -3.49. The Morgan fingerprint density at radius 3 is 2.31 bits per heavy atom. The molecule has 0 fully saturated rings. The van der Waals surface area contributed by atoms with Gasteiger partial charge in [0.15, 0.2) is 6.20 Å². The monoisotopic (exact) mass is 430 g/mol. The highest BCUT2D eigenvalue weighted by molar-refractivity contribution is 7.26. The van der Waals surface area contributed by atoms with E-state index in [-0.39, 0.29) is 0 Å². The van der Waals surface area contributed by atoms with Crippen LogP contribution in [-0.4, -0.2) is 0 Å². The summed E-state index contributed by atoms with van der Waals surface area (Å²) in [5, 5.41) is 5.33. The standard InChI is InChI=1S/C30H24NS/c1-19-8-10-21(11-9-19)22-12-14-25-23(18-22)13-15-27-28(25)26-16-17-31(3)29(30(26)32-27)24-7-5-4-6-20(24)2/h4-18H,1-3H3/q+1. The van der Waals surface area contributed by atoms with Crippen LogP contribution in [-0.2, 0) is 7.05 Å². The summed E-state index contributed by atoms with van der Waals surface area (Å²) in [6.45, 7) is 4.33. The highest BCUT2D eigenvalue weighted by Gasteiger charge is 2.21. The maximum atomic E-state index is 2.33. The topological polar surface area (TPSA) is 3.88 Å². The van der Waals surface area contributed by atoms with Gasteiger partial charge in [0.2, 0.25) is 5.69 Å². The molecule has 0 atom stereocenters. The van der Waals surface area contributed by atoms with Gasteiger partial charge in [-0.2, -0.15) is 4.57 Å². The normalized spacial score (nSPS) is 11.6. The van der Waals surface area contributed by atoms with Crippen molar-refractivity contribution in [2.75, 3.05) is 0 Å². The summed E-state index contributed by atoms with van der Waals surface area (Å²) in [4.78, 5) is 0. The van der Waals surface area contributed by atoms with Crippen molar-refractivity contribution in [1.29, 1.82) is 0 Å². The van der Waals surface area contributed by atoms with Gasteiger partial charge in [-0.1, -0.05) is 66.2 Å². The Balaban J connectivity index is 1.63. The van der Waals surface area contributed by atoms with Gasteiger partial charge >= 0.3 is 0 Å². The fraction of sp³-hybridized carbons (Fsp3) is 0.100. The lowest BCUT2D eigenvalue weighted by Crippen LogP contribution is -2.30. The molecule has 0 radical (unpaired) electrons. The molecule has 6 aromatic rings. The summed E-state index contributed by atoms with van der Waals surface area (Å²) in [5.74, 6) is 0. The van der Waals surface area contributed by atoms with Gasteiger partial charge < -0.3 is 0 Å². The minimum atomic E-state index is 1.27. The molecule has 4 aromatic carbocycles. The molecule has 0 saturated carbocycles. The zero-order valence-electron chi connectivity index (χ0n) is 18.5. The third-order valence-corrected chi connectivity index (χ3v) is 7.70. The van der Waals surface area contributed by atoms with Crippen LogP contribution in [0.25, 0.3) is 53.3 Å². The lowest BCUT2D eigenvalue weighted by Gasteiger charge is -2.07. The minimum absolute atomic E-state index is 1.27. The molecule has 1 nitrogen and oxygen atoms in total. The fourth-order valence-electron chi connectivity index (χ4n) is 4.78. The van der Waals surface area contributed by atoms with Gasteiger partial charge in [-0.05, 0) is 59.5 Å². The molecule has 32 heavy (non-hydrogen) atoms. The number of aromatic nitrogens is 1. The number of rotatable bonds is 2. The van der Waals surface area contributed by atoms with E-state index in [1.807, 2.05) is 11.3 Å². The lowest BCUT2D eigenvalue weighted by atomic mass is 9.97. The zero-order valence-corrected chi connectivity index (χ0v) is 19.3. The van der Waals surface area contributed by atoms with Gasteiger partial charge in [0, 0.05) is 21.5 Å². The maximum Gasteiger partial charge on any atom is 0.230 e. The van der Waals surface area contributed by atoms with Gasteiger partial charge in [0.25, 0.3) is 0 Å². The summed E-state index contributed by atoms with van der Waals surface area (Å²) in [7, 11) is 2.15. The third-order valence-electron chi connectivity index (χ3n) is 6.53. The summed E-state index contributed by atoms with van der Waals surface area (Å²) < 4.78 is 4.96. The summed E-state index contributed by atoms with van der Waals surface area (Å²) >= 11 is 1.90. The molecule has 2 aromatic heterocycles. The predicted molar refractivity (Wildman–Crippen MR) is 138 cm³/mol. The largest absolute Gasteiger partial charge is 0.230 e. The fourth-order valence-corrected chi connectivity index (χ4v) is 6.09. The van der Waals surface area contributed by atoms with Crippen molar-refractivity contribution in [3.63, 3.8) is 0 Å². The number of pyridine rings is 1. The summed E-state index contributed by atoms with van der Waals surface area (Å²) in [6, 6.07) is 31.2. The number of hydrogen-bond donors (Lipinski definition) is 0. The van der Waals surface area contributed by atoms with Gasteiger partial charge in [0.1, 0.15) is 11.7 Å². The first kappa shape index (κ1) is 19.2.